The van der Waals surface area contributed by atoms with E-state index >= 15 is 0 Å². The van der Waals surface area contributed by atoms with Gasteiger partial charge in [0, 0.05) is 31.0 Å². The third kappa shape index (κ3) is 4.54. The molecular formula is C22H23ClN2O3S. The highest BCUT2D eigenvalue weighted by molar-refractivity contribution is 7.18. The number of carbonyl (C=O) groups excluding carboxylic acids is 2. The van der Waals surface area contributed by atoms with Crippen molar-refractivity contribution in [3.8, 4) is 0 Å². The zero-order valence-electron chi connectivity index (χ0n) is 16.3. The number of nitrogens with zero attached hydrogens (tertiary/aromatic N) is 2. The summed E-state index contributed by atoms with van der Waals surface area (Å²) in [6, 6.07) is 11.4. The summed E-state index contributed by atoms with van der Waals surface area (Å²) < 4.78 is 0.622. The molecule has 1 fully saturated rings. The zero-order valence-corrected chi connectivity index (χ0v) is 17.8. The molecule has 0 radical (unpaired) electrons. The number of hydrogen-bond acceptors (Lipinski definition) is 5. The first-order chi connectivity index (χ1) is 14.0. The van der Waals surface area contributed by atoms with Gasteiger partial charge in [-0.2, -0.15) is 0 Å². The molecule has 2 aromatic rings. The number of halogens is 1. The Kier molecular flexibility index (Phi) is 6.01. The van der Waals surface area contributed by atoms with Crippen molar-refractivity contribution in [1.82, 2.24) is 4.90 Å². The highest BCUT2D eigenvalue weighted by atomic mass is 35.5. The minimum Gasteiger partial charge on any atom is -0.392 e. The molecule has 5 nitrogen and oxygen atoms in total. The van der Waals surface area contributed by atoms with Crippen LogP contribution in [0.25, 0.3) is 0 Å². The molecule has 0 bridgehead atoms. The maximum atomic E-state index is 12.6. The van der Waals surface area contributed by atoms with E-state index in [1.807, 2.05) is 29.2 Å². The van der Waals surface area contributed by atoms with Crippen molar-refractivity contribution < 1.29 is 14.4 Å². The van der Waals surface area contributed by atoms with Gasteiger partial charge in [0.25, 0.3) is 5.91 Å². The second-order valence-corrected chi connectivity index (χ2v) is 9.32. The van der Waals surface area contributed by atoms with Gasteiger partial charge in [-0.3, -0.25) is 9.59 Å². The minimum absolute atomic E-state index is 0.0814. The maximum Gasteiger partial charge on any atom is 0.254 e. The Hall–Kier alpha value is -2.18. The van der Waals surface area contributed by atoms with Crippen LogP contribution in [0.3, 0.4) is 0 Å². The topological polar surface area (TPSA) is 59.0 Å². The van der Waals surface area contributed by atoms with Crippen LogP contribution in [0.4, 0.5) is 0 Å². The Bertz CT molecular complexity index is 938. The molecule has 2 aliphatic rings. The quantitative estimate of drug-likeness (QED) is 0.593. The molecule has 2 aliphatic heterocycles. The third-order valence-corrected chi connectivity index (χ3v) is 6.83. The van der Waals surface area contributed by atoms with Crippen molar-refractivity contribution in [2.75, 3.05) is 6.54 Å². The second-order valence-electron chi connectivity index (χ2n) is 7.60. The van der Waals surface area contributed by atoms with Crippen LogP contribution in [0, 0.1) is 0 Å². The number of benzene rings is 1. The number of likely N-dealkylation sites (tertiary alicyclic amines) is 1. The Balaban J connectivity index is 1.31. The molecule has 7 heteroatoms. The van der Waals surface area contributed by atoms with Crippen molar-refractivity contribution >= 4 is 40.3 Å². The van der Waals surface area contributed by atoms with Crippen molar-refractivity contribution in [3.63, 3.8) is 0 Å². The Morgan fingerprint density at radius 2 is 2.03 bits per heavy atom. The standard InChI is InChI=1S/C22H23ClN2O3S/c1-14-3-2-12-25(14)22(27)16-6-4-15(5-7-16)18-13-17(28-24-18)8-9-19(26)20-10-11-21(23)29-20/h4-7,10-11,14,17H,2-3,8-9,12-13H2,1H3. The highest BCUT2D eigenvalue weighted by Gasteiger charge is 2.27. The first-order valence-corrected chi connectivity index (χ1v) is 11.1. The third-order valence-electron chi connectivity index (χ3n) is 5.55. The lowest BCUT2D eigenvalue weighted by Gasteiger charge is -2.21. The summed E-state index contributed by atoms with van der Waals surface area (Å²) in [7, 11) is 0. The van der Waals surface area contributed by atoms with E-state index in [9.17, 15) is 9.59 Å². The van der Waals surface area contributed by atoms with E-state index in [2.05, 4.69) is 12.1 Å². The predicted octanol–water partition coefficient (Wildman–Crippen LogP) is 5.18. The summed E-state index contributed by atoms with van der Waals surface area (Å²) in [6.45, 7) is 2.93. The van der Waals surface area contributed by atoms with E-state index in [0.29, 0.717) is 40.1 Å². The zero-order chi connectivity index (χ0) is 20.4. The van der Waals surface area contributed by atoms with Crippen molar-refractivity contribution in [2.45, 2.75) is 51.2 Å². The van der Waals surface area contributed by atoms with Crippen molar-refractivity contribution in [1.29, 1.82) is 0 Å². The molecule has 0 aliphatic carbocycles. The SMILES string of the molecule is CC1CCCN1C(=O)c1ccc(C2=NOC(CCC(=O)c3ccc(Cl)s3)C2)cc1. The molecule has 152 valence electrons. The maximum absolute atomic E-state index is 12.6. The van der Waals surface area contributed by atoms with E-state index in [4.69, 9.17) is 16.4 Å². The average Bonchev–Trinajstić information content (AvgIpc) is 3.47. The molecule has 0 spiro atoms. The van der Waals surface area contributed by atoms with Gasteiger partial charge in [0.2, 0.25) is 0 Å². The van der Waals surface area contributed by atoms with E-state index < -0.39 is 0 Å². The van der Waals surface area contributed by atoms with Gasteiger partial charge in [0.1, 0.15) is 6.10 Å². The summed E-state index contributed by atoms with van der Waals surface area (Å²) >= 11 is 7.20. The molecule has 3 heterocycles. The van der Waals surface area contributed by atoms with Crippen LogP contribution in [-0.2, 0) is 4.84 Å². The van der Waals surface area contributed by atoms with Crippen LogP contribution in [-0.4, -0.2) is 41.0 Å². The number of Topliss-reactive ketones (excluding diaryl/α,β-unsaturated/α-hetero) is 1. The molecule has 29 heavy (non-hydrogen) atoms. The van der Waals surface area contributed by atoms with E-state index in [1.54, 1.807) is 12.1 Å². The minimum atomic E-state index is -0.101. The number of ketones is 1. The monoisotopic (exact) mass is 430 g/mol. The number of amides is 1. The molecule has 0 saturated carbocycles. The number of hydrogen-bond donors (Lipinski definition) is 0. The summed E-state index contributed by atoms with van der Waals surface area (Å²) in [4.78, 5) is 33.0. The molecule has 1 saturated heterocycles. The number of thiophene rings is 1. The van der Waals surface area contributed by atoms with E-state index in [1.165, 1.54) is 11.3 Å². The highest BCUT2D eigenvalue weighted by Crippen LogP contribution is 2.26. The van der Waals surface area contributed by atoms with E-state index in [-0.39, 0.29) is 17.8 Å². The number of rotatable bonds is 6. The first-order valence-electron chi connectivity index (χ1n) is 9.94. The molecule has 4 rings (SSSR count). The van der Waals surface area contributed by atoms with Crippen LogP contribution in [0.5, 0.6) is 0 Å². The van der Waals surface area contributed by atoms with Crippen LogP contribution < -0.4 is 0 Å². The Morgan fingerprint density at radius 3 is 2.69 bits per heavy atom. The van der Waals surface area contributed by atoms with Crippen LogP contribution in [0.2, 0.25) is 4.34 Å². The van der Waals surface area contributed by atoms with Crippen LogP contribution in [0.15, 0.2) is 41.6 Å². The lowest BCUT2D eigenvalue weighted by atomic mass is 10.00. The van der Waals surface area contributed by atoms with Gasteiger partial charge >= 0.3 is 0 Å². The molecule has 1 aromatic heterocycles. The van der Waals surface area contributed by atoms with Gasteiger partial charge in [-0.1, -0.05) is 28.9 Å². The lowest BCUT2D eigenvalue weighted by Crippen LogP contribution is -2.33. The molecule has 2 unspecified atom stereocenters. The number of oxime groups is 1. The van der Waals surface area contributed by atoms with Gasteiger partial charge in [0.15, 0.2) is 5.78 Å². The fourth-order valence-electron chi connectivity index (χ4n) is 3.84. The molecule has 2 atom stereocenters. The smallest absolute Gasteiger partial charge is 0.254 e. The van der Waals surface area contributed by atoms with E-state index in [0.717, 1.165) is 30.7 Å². The fraction of sp³-hybridized carbons (Fsp3) is 0.409. The summed E-state index contributed by atoms with van der Waals surface area (Å²) in [5.41, 5.74) is 2.52. The summed E-state index contributed by atoms with van der Waals surface area (Å²) in [6.07, 6.45) is 3.73. The van der Waals surface area contributed by atoms with Gasteiger partial charge in [-0.15, -0.1) is 11.3 Å². The first kappa shape index (κ1) is 20.1. The molecule has 1 amide bonds. The average molecular weight is 431 g/mol. The molecule has 0 N–H and O–H groups in total. The molecule has 1 aromatic carbocycles. The van der Waals surface area contributed by atoms with Crippen molar-refractivity contribution in [2.24, 2.45) is 5.16 Å². The number of carbonyl (C=O) groups is 2. The van der Waals surface area contributed by atoms with Gasteiger partial charge in [-0.05, 0) is 56.0 Å². The van der Waals surface area contributed by atoms with Crippen molar-refractivity contribution in [3.05, 3.63) is 56.7 Å². The molecular weight excluding hydrogens is 408 g/mol. The van der Waals surface area contributed by atoms with Gasteiger partial charge < -0.3 is 9.74 Å². The van der Waals surface area contributed by atoms with Gasteiger partial charge in [-0.25, -0.2) is 0 Å². The lowest BCUT2D eigenvalue weighted by molar-refractivity contribution is 0.0720. The van der Waals surface area contributed by atoms with Crippen LogP contribution in [0.1, 0.15) is 64.6 Å². The summed E-state index contributed by atoms with van der Waals surface area (Å²) in [5, 5.41) is 4.20. The Labute approximate surface area is 179 Å². The van der Waals surface area contributed by atoms with Crippen LogP contribution >= 0.6 is 22.9 Å². The largest absolute Gasteiger partial charge is 0.392 e. The summed E-state index contributed by atoms with van der Waals surface area (Å²) in [5.74, 6) is 0.175. The van der Waals surface area contributed by atoms with Gasteiger partial charge in [0.05, 0.1) is 14.9 Å². The normalized spacial score (nSPS) is 21.2. The Morgan fingerprint density at radius 1 is 1.24 bits per heavy atom. The predicted molar refractivity (Wildman–Crippen MR) is 115 cm³/mol. The fourth-order valence-corrected chi connectivity index (χ4v) is 4.85. The second kappa shape index (κ2) is 8.67.